The van der Waals surface area contributed by atoms with Crippen LogP contribution in [0, 0.1) is 5.92 Å². The maximum Gasteiger partial charge on any atom is 0.252 e. The van der Waals surface area contributed by atoms with Crippen LogP contribution in [-0.4, -0.2) is 43.5 Å². The Balaban J connectivity index is 1.47. The largest absolute Gasteiger partial charge is 0.348 e. The fourth-order valence-corrected chi connectivity index (χ4v) is 4.88. The Morgan fingerprint density at radius 2 is 1.77 bits per heavy atom. The van der Waals surface area contributed by atoms with Crippen LogP contribution < -0.4 is 16.2 Å². The lowest BCUT2D eigenvalue weighted by Gasteiger charge is -2.44. The minimum Gasteiger partial charge on any atom is -0.348 e. The van der Waals surface area contributed by atoms with Crippen LogP contribution in [0.5, 0.6) is 0 Å². The van der Waals surface area contributed by atoms with E-state index in [0.717, 1.165) is 12.1 Å². The van der Waals surface area contributed by atoms with Gasteiger partial charge in [-0.05, 0) is 42.8 Å². The summed E-state index contributed by atoms with van der Waals surface area (Å²) >= 11 is 24.0. The highest BCUT2D eigenvalue weighted by molar-refractivity contribution is 7.80. The van der Waals surface area contributed by atoms with Crippen molar-refractivity contribution in [1.82, 2.24) is 20.1 Å². The van der Waals surface area contributed by atoms with E-state index in [2.05, 4.69) is 10.6 Å². The lowest BCUT2D eigenvalue weighted by atomic mass is 9.83. The molecular formula is C21H21Cl3N4O2S. The summed E-state index contributed by atoms with van der Waals surface area (Å²) in [6.45, 7) is 1.98. The maximum absolute atomic E-state index is 12.6. The average Bonchev–Trinajstić information content (AvgIpc) is 2.73. The summed E-state index contributed by atoms with van der Waals surface area (Å²) in [7, 11) is 0. The zero-order valence-corrected chi connectivity index (χ0v) is 19.5. The van der Waals surface area contributed by atoms with E-state index >= 15 is 0 Å². The highest BCUT2D eigenvalue weighted by Crippen LogP contribution is 2.35. The zero-order valence-electron chi connectivity index (χ0n) is 16.4. The van der Waals surface area contributed by atoms with Crippen molar-refractivity contribution < 1.29 is 4.79 Å². The minimum atomic E-state index is -1.82. The number of aromatic nitrogens is 1. The number of hydrogen-bond donors (Lipinski definition) is 2. The SMILES string of the molecule is O=C(N[C@@H](NC(=S)N1C[C@@H]2C[C@H](C1)c1cccc(=O)n1C2)C(Cl)(Cl)Cl)c1ccccc1. The van der Waals surface area contributed by atoms with E-state index in [0.29, 0.717) is 30.3 Å². The summed E-state index contributed by atoms with van der Waals surface area (Å²) in [6, 6.07) is 14.1. The summed E-state index contributed by atoms with van der Waals surface area (Å²) in [6.07, 6.45) is -0.0179. The monoisotopic (exact) mass is 498 g/mol. The Bertz CT molecular complexity index is 1040. The van der Waals surface area contributed by atoms with Crippen molar-refractivity contribution in [3.63, 3.8) is 0 Å². The summed E-state index contributed by atoms with van der Waals surface area (Å²) < 4.78 is 0.0386. The highest BCUT2D eigenvalue weighted by atomic mass is 35.6. The number of hydrogen-bond acceptors (Lipinski definition) is 3. The van der Waals surface area contributed by atoms with Crippen molar-refractivity contribution in [3.05, 3.63) is 70.1 Å². The Kier molecular flexibility index (Phi) is 6.49. The van der Waals surface area contributed by atoms with Crippen molar-refractivity contribution in [2.75, 3.05) is 13.1 Å². The van der Waals surface area contributed by atoms with Gasteiger partial charge in [0.1, 0.15) is 6.17 Å². The summed E-state index contributed by atoms with van der Waals surface area (Å²) in [4.78, 5) is 26.8. The molecule has 2 aromatic rings. The van der Waals surface area contributed by atoms with Gasteiger partial charge in [-0.3, -0.25) is 9.59 Å². The molecule has 3 atom stereocenters. The molecular weight excluding hydrogens is 479 g/mol. The Hall–Kier alpha value is -1.80. The van der Waals surface area contributed by atoms with Gasteiger partial charge in [0.25, 0.3) is 11.5 Å². The van der Waals surface area contributed by atoms with Gasteiger partial charge in [-0.25, -0.2) is 0 Å². The van der Waals surface area contributed by atoms with Gasteiger partial charge in [-0.1, -0.05) is 59.1 Å². The molecule has 4 rings (SSSR count). The fraction of sp³-hybridized carbons (Fsp3) is 0.381. The molecule has 31 heavy (non-hydrogen) atoms. The van der Waals surface area contributed by atoms with Crippen LogP contribution in [0.1, 0.15) is 28.4 Å². The molecule has 6 nitrogen and oxygen atoms in total. The van der Waals surface area contributed by atoms with Crippen molar-refractivity contribution in [3.8, 4) is 0 Å². The van der Waals surface area contributed by atoms with Crippen LogP contribution in [-0.2, 0) is 6.54 Å². The Labute approximate surface area is 200 Å². The van der Waals surface area contributed by atoms with Gasteiger partial charge in [-0.15, -0.1) is 0 Å². The van der Waals surface area contributed by atoms with Crippen molar-refractivity contribution in [2.24, 2.45) is 5.92 Å². The first-order valence-electron chi connectivity index (χ1n) is 9.90. The number of fused-ring (bicyclic) bond motifs is 4. The number of piperidine rings is 1. The van der Waals surface area contributed by atoms with Gasteiger partial charge in [0.05, 0.1) is 0 Å². The number of thiocarbonyl (C=S) groups is 1. The molecule has 2 aliphatic rings. The Morgan fingerprint density at radius 1 is 1.03 bits per heavy atom. The molecule has 1 aromatic heterocycles. The van der Waals surface area contributed by atoms with E-state index in [-0.39, 0.29) is 23.3 Å². The van der Waals surface area contributed by atoms with E-state index in [1.54, 1.807) is 36.4 Å². The van der Waals surface area contributed by atoms with Crippen LogP contribution in [0.15, 0.2) is 53.3 Å². The van der Waals surface area contributed by atoms with Crippen molar-refractivity contribution >= 4 is 58.0 Å². The number of likely N-dealkylation sites (tertiary alicyclic amines) is 1. The van der Waals surface area contributed by atoms with Gasteiger partial charge >= 0.3 is 0 Å². The number of halogens is 3. The molecule has 1 saturated heterocycles. The minimum absolute atomic E-state index is 0.0289. The predicted molar refractivity (Wildman–Crippen MR) is 127 cm³/mol. The second kappa shape index (κ2) is 8.98. The van der Waals surface area contributed by atoms with Crippen molar-refractivity contribution in [2.45, 2.75) is 28.8 Å². The predicted octanol–water partition coefficient (Wildman–Crippen LogP) is 3.27. The summed E-state index contributed by atoms with van der Waals surface area (Å²) in [5.74, 6) is 0.0959. The average molecular weight is 500 g/mol. The molecule has 164 valence electrons. The van der Waals surface area contributed by atoms with Crippen LogP contribution in [0.3, 0.4) is 0 Å². The molecule has 1 aromatic carbocycles. The third kappa shape index (κ3) is 5.00. The third-order valence-electron chi connectivity index (χ3n) is 5.67. The number of rotatable bonds is 3. The summed E-state index contributed by atoms with van der Waals surface area (Å²) in [5.41, 5.74) is 1.50. The standard InChI is InChI=1S/C21H21Cl3N4O2S/c22-21(23,24)19(25-18(30)14-5-2-1-3-6-14)26-20(31)27-10-13-9-15(12-27)16-7-4-8-17(29)28(16)11-13/h1-8,13,15,19H,9-12H2,(H,25,30)(H,26,31)/t13-,15+,19-/m0/s1. The van der Waals surface area contributed by atoms with E-state index in [4.69, 9.17) is 47.0 Å². The number of amides is 1. The van der Waals surface area contributed by atoms with Crippen LogP contribution in [0.2, 0.25) is 0 Å². The number of nitrogens with zero attached hydrogens (tertiary/aromatic N) is 2. The fourth-order valence-electron chi connectivity index (χ4n) is 4.28. The molecule has 0 spiro atoms. The first-order chi connectivity index (χ1) is 14.7. The van der Waals surface area contributed by atoms with Gasteiger partial charge in [0.2, 0.25) is 3.79 Å². The van der Waals surface area contributed by atoms with Gasteiger partial charge in [0.15, 0.2) is 5.11 Å². The number of nitrogens with one attached hydrogen (secondary N) is 2. The van der Waals surface area contributed by atoms with Gasteiger partial charge in [-0.2, -0.15) is 0 Å². The third-order valence-corrected chi connectivity index (χ3v) is 6.70. The summed E-state index contributed by atoms with van der Waals surface area (Å²) in [5, 5.41) is 6.12. The number of pyridine rings is 1. The lowest BCUT2D eigenvalue weighted by Crippen LogP contribution is -2.60. The molecule has 0 unspecified atom stereocenters. The van der Waals surface area contributed by atoms with Crippen LogP contribution >= 0.6 is 47.0 Å². The number of carbonyl (C=O) groups is 1. The number of benzene rings is 1. The molecule has 10 heteroatoms. The molecule has 0 saturated carbocycles. The molecule has 1 fully saturated rings. The van der Waals surface area contributed by atoms with Gasteiger partial charge < -0.3 is 20.1 Å². The zero-order chi connectivity index (χ0) is 22.2. The molecule has 2 aliphatic heterocycles. The molecule has 3 heterocycles. The first-order valence-corrected chi connectivity index (χ1v) is 11.4. The van der Waals surface area contributed by atoms with E-state index in [1.165, 1.54) is 0 Å². The van der Waals surface area contributed by atoms with Crippen molar-refractivity contribution in [1.29, 1.82) is 0 Å². The number of alkyl halides is 3. The van der Waals surface area contributed by atoms with E-state index in [9.17, 15) is 9.59 Å². The van der Waals surface area contributed by atoms with Gasteiger partial charge in [0, 0.05) is 42.9 Å². The second-order valence-corrected chi connectivity index (χ2v) is 10.6. The molecule has 1 amide bonds. The Morgan fingerprint density at radius 3 is 2.48 bits per heavy atom. The topological polar surface area (TPSA) is 66.4 Å². The molecule has 2 bridgehead atoms. The highest BCUT2D eigenvalue weighted by Gasteiger charge is 2.39. The smallest absolute Gasteiger partial charge is 0.252 e. The normalized spacial score (nSPS) is 21.1. The molecule has 0 aliphatic carbocycles. The quantitative estimate of drug-likeness (QED) is 0.385. The van der Waals surface area contributed by atoms with E-state index < -0.39 is 9.96 Å². The van der Waals surface area contributed by atoms with Crippen LogP contribution in [0.4, 0.5) is 0 Å². The van der Waals surface area contributed by atoms with E-state index in [1.807, 2.05) is 21.6 Å². The first kappa shape index (κ1) is 22.4. The molecule has 0 radical (unpaired) electrons. The second-order valence-electron chi connectivity index (χ2n) is 7.87. The maximum atomic E-state index is 12.6. The lowest BCUT2D eigenvalue weighted by molar-refractivity contribution is 0.0932. The van der Waals surface area contributed by atoms with Crippen LogP contribution in [0.25, 0.3) is 0 Å². The number of carbonyl (C=O) groups excluding carboxylic acids is 1. The molecule has 2 N–H and O–H groups in total.